The predicted molar refractivity (Wildman–Crippen MR) is 65.8 cm³/mol. The summed E-state index contributed by atoms with van der Waals surface area (Å²) < 4.78 is 26.8. The van der Waals surface area contributed by atoms with Gasteiger partial charge >= 0.3 is 0 Å². The largest absolute Gasteiger partial charge is 0.383 e. The Labute approximate surface area is 103 Å². The highest BCUT2D eigenvalue weighted by atomic mass is 19.1. The second-order valence-corrected chi connectivity index (χ2v) is 4.07. The maximum atomic E-state index is 13.7. The molecule has 0 saturated carbocycles. The topological polar surface area (TPSA) is 64.9 Å². The van der Waals surface area contributed by atoms with Crippen molar-refractivity contribution in [3.8, 4) is 0 Å². The minimum Gasteiger partial charge on any atom is -0.383 e. The molecule has 5 heteroatoms. The van der Waals surface area contributed by atoms with Crippen molar-refractivity contribution in [2.75, 3.05) is 5.73 Å². The summed E-state index contributed by atoms with van der Waals surface area (Å²) in [6.45, 7) is 1.80. The van der Waals surface area contributed by atoms with Crippen molar-refractivity contribution in [2.45, 2.75) is 13.0 Å². The van der Waals surface area contributed by atoms with Gasteiger partial charge < -0.3 is 11.5 Å². The summed E-state index contributed by atoms with van der Waals surface area (Å²) in [4.78, 5) is 3.92. The standard InChI is InChI=1S/C13H13F2N3/c1-7-4-5-18-13(17)11(7)12(16)9-6-8(14)2-3-10(9)15/h2-6,12H,16H2,1H3,(H2,17,18). The molecule has 2 rings (SSSR count). The molecule has 0 fully saturated rings. The zero-order chi connectivity index (χ0) is 13.3. The van der Waals surface area contributed by atoms with E-state index in [4.69, 9.17) is 11.5 Å². The Balaban J connectivity index is 2.54. The van der Waals surface area contributed by atoms with E-state index in [0.29, 0.717) is 5.56 Å². The Morgan fingerprint density at radius 1 is 1.22 bits per heavy atom. The number of aryl methyl sites for hydroxylation is 1. The molecule has 0 aliphatic heterocycles. The lowest BCUT2D eigenvalue weighted by Crippen LogP contribution is -2.17. The molecule has 0 bridgehead atoms. The van der Waals surface area contributed by atoms with Crippen molar-refractivity contribution in [3.63, 3.8) is 0 Å². The lowest BCUT2D eigenvalue weighted by molar-refractivity contribution is 0.576. The molecule has 4 N–H and O–H groups in total. The number of nitrogens with zero attached hydrogens (tertiary/aromatic N) is 1. The lowest BCUT2D eigenvalue weighted by Gasteiger charge is -2.17. The van der Waals surface area contributed by atoms with Gasteiger partial charge in [-0.25, -0.2) is 13.8 Å². The third kappa shape index (κ3) is 2.17. The van der Waals surface area contributed by atoms with Crippen LogP contribution in [-0.4, -0.2) is 4.98 Å². The molecule has 1 unspecified atom stereocenters. The maximum absolute atomic E-state index is 13.7. The average Bonchev–Trinajstić information content (AvgIpc) is 2.32. The molecule has 94 valence electrons. The van der Waals surface area contributed by atoms with Crippen LogP contribution < -0.4 is 11.5 Å². The maximum Gasteiger partial charge on any atom is 0.128 e. The normalized spacial score (nSPS) is 12.4. The quantitative estimate of drug-likeness (QED) is 0.858. The van der Waals surface area contributed by atoms with Gasteiger partial charge in [-0.2, -0.15) is 0 Å². The first-order chi connectivity index (χ1) is 8.50. The van der Waals surface area contributed by atoms with Crippen LogP contribution in [0.25, 0.3) is 0 Å². The summed E-state index contributed by atoms with van der Waals surface area (Å²) in [6, 6.07) is 4.06. The fourth-order valence-electron chi connectivity index (χ4n) is 1.90. The number of nitrogens with two attached hydrogens (primary N) is 2. The molecule has 2 aromatic rings. The smallest absolute Gasteiger partial charge is 0.128 e. The monoisotopic (exact) mass is 249 g/mol. The van der Waals surface area contributed by atoms with E-state index in [0.717, 1.165) is 23.8 Å². The van der Waals surface area contributed by atoms with Crippen molar-refractivity contribution in [2.24, 2.45) is 5.73 Å². The fourth-order valence-corrected chi connectivity index (χ4v) is 1.90. The molecule has 3 nitrogen and oxygen atoms in total. The molecule has 18 heavy (non-hydrogen) atoms. The van der Waals surface area contributed by atoms with Gasteiger partial charge in [0.25, 0.3) is 0 Å². The summed E-state index contributed by atoms with van der Waals surface area (Å²) in [5.41, 5.74) is 13.1. The highest BCUT2D eigenvalue weighted by molar-refractivity contribution is 5.49. The zero-order valence-corrected chi connectivity index (χ0v) is 9.82. The van der Waals surface area contributed by atoms with Crippen LogP contribution in [0.1, 0.15) is 22.7 Å². The lowest BCUT2D eigenvalue weighted by atomic mass is 9.96. The van der Waals surface area contributed by atoms with Crippen LogP contribution in [0.15, 0.2) is 30.5 Å². The van der Waals surface area contributed by atoms with E-state index in [1.165, 1.54) is 0 Å². The van der Waals surface area contributed by atoms with Gasteiger partial charge in [0, 0.05) is 17.3 Å². The van der Waals surface area contributed by atoms with Crippen molar-refractivity contribution in [1.29, 1.82) is 0 Å². The zero-order valence-electron chi connectivity index (χ0n) is 9.82. The Kier molecular flexibility index (Phi) is 3.25. The molecule has 0 saturated heterocycles. The first-order valence-electron chi connectivity index (χ1n) is 5.42. The number of hydrogen-bond acceptors (Lipinski definition) is 3. The average molecular weight is 249 g/mol. The molecule has 0 aliphatic carbocycles. The molecule has 1 aromatic carbocycles. The van der Waals surface area contributed by atoms with Gasteiger partial charge in [0.15, 0.2) is 0 Å². The van der Waals surface area contributed by atoms with Crippen LogP contribution in [0.5, 0.6) is 0 Å². The van der Waals surface area contributed by atoms with E-state index in [1.54, 1.807) is 19.2 Å². The van der Waals surface area contributed by atoms with E-state index >= 15 is 0 Å². The highest BCUT2D eigenvalue weighted by Crippen LogP contribution is 2.28. The first-order valence-corrected chi connectivity index (χ1v) is 5.42. The van der Waals surface area contributed by atoms with Crippen molar-refractivity contribution >= 4 is 5.82 Å². The number of aromatic nitrogens is 1. The Morgan fingerprint density at radius 3 is 2.61 bits per heavy atom. The van der Waals surface area contributed by atoms with Crippen LogP contribution in [0.3, 0.4) is 0 Å². The minimum atomic E-state index is -0.839. The third-order valence-electron chi connectivity index (χ3n) is 2.84. The summed E-state index contributed by atoms with van der Waals surface area (Å²) in [7, 11) is 0. The van der Waals surface area contributed by atoms with E-state index in [-0.39, 0.29) is 11.4 Å². The van der Waals surface area contributed by atoms with Gasteiger partial charge in [0.2, 0.25) is 0 Å². The second kappa shape index (κ2) is 4.70. The predicted octanol–water partition coefficient (Wildman–Crippen LogP) is 2.30. The molecule has 0 radical (unpaired) electrons. The SMILES string of the molecule is Cc1ccnc(N)c1C(N)c1cc(F)ccc1F. The number of anilines is 1. The summed E-state index contributed by atoms with van der Waals surface area (Å²) >= 11 is 0. The summed E-state index contributed by atoms with van der Waals surface area (Å²) in [5.74, 6) is -0.875. The Bertz CT molecular complexity index is 564. The Morgan fingerprint density at radius 2 is 1.94 bits per heavy atom. The molecular weight excluding hydrogens is 236 g/mol. The highest BCUT2D eigenvalue weighted by Gasteiger charge is 2.19. The number of pyridine rings is 1. The van der Waals surface area contributed by atoms with E-state index < -0.39 is 17.7 Å². The summed E-state index contributed by atoms with van der Waals surface area (Å²) in [6.07, 6.45) is 1.54. The van der Waals surface area contributed by atoms with E-state index in [9.17, 15) is 8.78 Å². The first kappa shape index (κ1) is 12.4. The number of benzene rings is 1. The molecule has 0 amide bonds. The molecule has 1 aromatic heterocycles. The number of nitrogen functional groups attached to an aromatic ring is 1. The molecular formula is C13H13F2N3. The number of halogens is 2. The van der Waals surface area contributed by atoms with Crippen LogP contribution in [0.4, 0.5) is 14.6 Å². The minimum absolute atomic E-state index is 0.0674. The van der Waals surface area contributed by atoms with Gasteiger partial charge in [0.05, 0.1) is 6.04 Å². The molecule has 1 atom stereocenters. The number of rotatable bonds is 2. The van der Waals surface area contributed by atoms with Gasteiger partial charge in [-0.3, -0.25) is 0 Å². The van der Waals surface area contributed by atoms with Crippen molar-refractivity contribution < 1.29 is 8.78 Å². The number of hydrogen-bond donors (Lipinski definition) is 2. The van der Waals surface area contributed by atoms with E-state index in [2.05, 4.69) is 4.98 Å². The van der Waals surface area contributed by atoms with Gasteiger partial charge in [-0.15, -0.1) is 0 Å². The van der Waals surface area contributed by atoms with Crippen LogP contribution >= 0.6 is 0 Å². The van der Waals surface area contributed by atoms with Crippen LogP contribution in [0, 0.1) is 18.6 Å². The molecule has 1 heterocycles. The van der Waals surface area contributed by atoms with Gasteiger partial charge in [0.1, 0.15) is 17.5 Å². The second-order valence-electron chi connectivity index (χ2n) is 4.07. The van der Waals surface area contributed by atoms with Crippen molar-refractivity contribution in [1.82, 2.24) is 4.98 Å². The van der Waals surface area contributed by atoms with Gasteiger partial charge in [-0.05, 0) is 36.8 Å². The van der Waals surface area contributed by atoms with Gasteiger partial charge in [-0.1, -0.05) is 0 Å². The fraction of sp³-hybridized carbons (Fsp3) is 0.154. The van der Waals surface area contributed by atoms with E-state index in [1.807, 2.05) is 0 Å². The van der Waals surface area contributed by atoms with Crippen LogP contribution in [-0.2, 0) is 0 Å². The summed E-state index contributed by atoms with van der Waals surface area (Å²) in [5, 5.41) is 0. The Hall–Kier alpha value is -2.01. The molecule has 0 spiro atoms. The van der Waals surface area contributed by atoms with Crippen molar-refractivity contribution in [3.05, 3.63) is 58.8 Å². The molecule has 0 aliphatic rings. The van der Waals surface area contributed by atoms with Crippen LogP contribution in [0.2, 0.25) is 0 Å². The third-order valence-corrected chi connectivity index (χ3v) is 2.84.